The van der Waals surface area contributed by atoms with Crippen LogP contribution in [0, 0.1) is 10.1 Å². The minimum absolute atomic E-state index is 0.160. The Bertz CT molecular complexity index is 508. The first-order valence-corrected chi connectivity index (χ1v) is 6.16. The predicted molar refractivity (Wildman–Crippen MR) is 67.5 cm³/mol. The molecule has 0 aliphatic carbocycles. The molecule has 116 valence electrons. The number of nitro benzene ring substituents is 1. The van der Waals surface area contributed by atoms with Gasteiger partial charge < -0.3 is 29.9 Å². The van der Waals surface area contributed by atoms with E-state index >= 15 is 0 Å². The third-order valence-electron chi connectivity index (χ3n) is 3.15. The highest BCUT2D eigenvalue weighted by Gasteiger charge is 2.45. The fourth-order valence-corrected chi connectivity index (χ4v) is 2.00. The van der Waals surface area contributed by atoms with E-state index < -0.39 is 42.2 Å². The van der Waals surface area contributed by atoms with E-state index in [-0.39, 0.29) is 11.4 Å². The van der Waals surface area contributed by atoms with E-state index in [1.807, 2.05) is 0 Å². The van der Waals surface area contributed by atoms with Gasteiger partial charge in [-0.15, -0.1) is 0 Å². The number of aliphatic hydroxyl groups excluding tert-OH is 4. The Morgan fingerprint density at radius 3 is 2.48 bits per heavy atom. The van der Waals surface area contributed by atoms with Gasteiger partial charge >= 0.3 is 5.69 Å². The first-order chi connectivity index (χ1) is 9.95. The number of rotatable bonds is 4. The molecule has 2 rings (SSSR count). The van der Waals surface area contributed by atoms with Crippen molar-refractivity contribution in [3.8, 4) is 5.75 Å². The lowest BCUT2D eigenvalue weighted by atomic mass is 9.99. The fourth-order valence-electron chi connectivity index (χ4n) is 2.00. The van der Waals surface area contributed by atoms with Gasteiger partial charge in [-0.3, -0.25) is 10.1 Å². The smallest absolute Gasteiger partial charge is 0.311 e. The Morgan fingerprint density at radius 2 is 1.86 bits per heavy atom. The van der Waals surface area contributed by atoms with Gasteiger partial charge in [-0.1, -0.05) is 12.1 Å². The average molecular weight is 301 g/mol. The summed E-state index contributed by atoms with van der Waals surface area (Å²) in [6.45, 7) is -0.609. The maximum absolute atomic E-state index is 10.9. The summed E-state index contributed by atoms with van der Waals surface area (Å²) in [7, 11) is 0. The molecule has 21 heavy (non-hydrogen) atoms. The summed E-state index contributed by atoms with van der Waals surface area (Å²) in [5.74, 6) is -0.160. The number of ether oxygens (including phenoxy) is 2. The summed E-state index contributed by atoms with van der Waals surface area (Å²) in [6.07, 6.45) is -7.35. The molecule has 1 aromatic carbocycles. The van der Waals surface area contributed by atoms with Crippen molar-refractivity contribution in [2.75, 3.05) is 6.61 Å². The summed E-state index contributed by atoms with van der Waals surface area (Å²) in [5, 5.41) is 49.0. The van der Waals surface area contributed by atoms with Gasteiger partial charge in [-0.05, 0) is 6.07 Å². The highest BCUT2D eigenvalue weighted by Crippen LogP contribution is 2.30. The van der Waals surface area contributed by atoms with E-state index in [4.69, 9.17) is 14.6 Å². The standard InChI is InChI=1S/C12H15NO8/c14-5-8-9(15)10(16)11(17)12(21-8)20-7-4-2-1-3-6(7)13(18)19/h1-4,8-12,14-17H,5H2/t8-,9+,10+,11-,12-/m0/s1. The van der Waals surface area contributed by atoms with Crippen LogP contribution in [0.1, 0.15) is 0 Å². The molecule has 0 aromatic heterocycles. The van der Waals surface area contributed by atoms with Gasteiger partial charge in [-0.2, -0.15) is 0 Å². The van der Waals surface area contributed by atoms with Crippen molar-refractivity contribution in [1.82, 2.24) is 0 Å². The van der Waals surface area contributed by atoms with E-state index in [1.54, 1.807) is 0 Å². The molecule has 0 spiro atoms. The van der Waals surface area contributed by atoms with Crippen LogP contribution in [0.5, 0.6) is 5.75 Å². The molecule has 1 aromatic rings. The fraction of sp³-hybridized carbons (Fsp3) is 0.500. The van der Waals surface area contributed by atoms with E-state index in [2.05, 4.69) is 0 Å². The average Bonchev–Trinajstić information content (AvgIpc) is 2.48. The maximum Gasteiger partial charge on any atom is 0.311 e. The second-order valence-corrected chi connectivity index (χ2v) is 4.54. The van der Waals surface area contributed by atoms with Crippen LogP contribution < -0.4 is 4.74 Å². The summed E-state index contributed by atoms with van der Waals surface area (Å²) >= 11 is 0. The molecule has 0 saturated carbocycles. The molecule has 4 N–H and O–H groups in total. The van der Waals surface area contributed by atoms with Crippen LogP contribution in [0.2, 0.25) is 0 Å². The molecule has 0 radical (unpaired) electrons. The predicted octanol–water partition coefficient (Wildman–Crippen LogP) is -1.23. The number of hydrogen-bond acceptors (Lipinski definition) is 8. The molecule has 1 fully saturated rings. The van der Waals surface area contributed by atoms with Crippen LogP contribution in [-0.2, 0) is 4.74 Å². The number of hydrogen-bond donors (Lipinski definition) is 4. The van der Waals surface area contributed by atoms with E-state index in [9.17, 15) is 25.4 Å². The SMILES string of the molecule is O=[N+]([O-])c1ccccc1O[C@H]1O[C@@H](CO)[C@@H](O)[C@@H](O)[C@@H]1O. The molecule has 0 unspecified atom stereocenters. The Labute approximate surface area is 119 Å². The first-order valence-electron chi connectivity index (χ1n) is 6.16. The van der Waals surface area contributed by atoms with Crippen LogP contribution in [-0.4, -0.2) is 62.7 Å². The van der Waals surface area contributed by atoms with Crippen molar-refractivity contribution >= 4 is 5.69 Å². The number of para-hydroxylation sites is 2. The Kier molecular flexibility index (Phi) is 4.70. The summed E-state index contributed by atoms with van der Waals surface area (Å²) < 4.78 is 10.3. The van der Waals surface area contributed by atoms with Crippen molar-refractivity contribution in [1.29, 1.82) is 0 Å². The summed E-state index contributed by atoms with van der Waals surface area (Å²) in [4.78, 5) is 10.2. The second kappa shape index (κ2) is 6.33. The Hall–Kier alpha value is -1.78. The topological polar surface area (TPSA) is 143 Å². The van der Waals surface area contributed by atoms with Gasteiger partial charge in [0, 0.05) is 6.07 Å². The number of nitro groups is 1. The van der Waals surface area contributed by atoms with Gasteiger partial charge in [0.1, 0.15) is 24.4 Å². The van der Waals surface area contributed by atoms with E-state index in [0.717, 1.165) is 0 Å². The van der Waals surface area contributed by atoms with Gasteiger partial charge in [-0.25, -0.2) is 0 Å². The van der Waals surface area contributed by atoms with Gasteiger partial charge in [0.25, 0.3) is 0 Å². The highest BCUT2D eigenvalue weighted by atomic mass is 16.7. The molecule has 9 nitrogen and oxygen atoms in total. The molecule has 0 amide bonds. The Balaban J connectivity index is 2.20. The van der Waals surface area contributed by atoms with Crippen LogP contribution in [0.25, 0.3) is 0 Å². The Morgan fingerprint density at radius 1 is 1.19 bits per heavy atom. The highest BCUT2D eigenvalue weighted by molar-refractivity contribution is 5.45. The second-order valence-electron chi connectivity index (χ2n) is 4.54. The number of aliphatic hydroxyl groups is 4. The summed E-state index contributed by atoms with van der Waals surface area (Å²) in [6, 6.07) is 5.45. The molecular weight excluding hydrogens is 286 g/mol. The molecule has 9 heteroatoms. The van der Waals surface area contributed by atoms with Crippen molar-refractivity contribution in [3.63, 3.8) is 0 Å². The number of benzene rings is 1. The van der Waals surface area contributed by atoms with E-state index in [0.29, 0.717) is 0 Å². The molecule has 1 heterocycles. The molecule has 5 atom stereocenters. The zero-order chi connectivity index (χ0) is 15.6. The monoisotopic (exact) mass is 301 g/mol. The molecule has 1 aliphatic rings. The van der Waals surface area contributed by atoms with Crippen LogP contribution in [0.15, 0.2) is 24.3 Å². The molecule has 1 saturated heterocycles. The van der Waals surface area contributed by atoms with Crippen LogP contribution in [0.4, 0.5) is 5.69 Å². The molecule has 0 bridgehead atoms. The quantitative estimate of drug-likeness (QED) is 0.400. The van der Waals surface area contributed by atoms with Crippen molar-refractivity contribution in [2.24, 2.45) is 0 Å². The van der Waals surface area contributed by atoms with Crippen LogP contribution >= 0.6 is 0 Å². The van der Waals surface area contributed by atoms with E-state index in [1.165, 1.54) is 24.3 Å². The van der Waals surface area contributed by atoms with Crippen molar-refractivity contribution in [3.05, 3.63) is 34.4 Å². The maximum atomic E-state index is 10.9. The van der Waals surface area contributed by atoms with Crippen LogP contribution in [0.3, 0.4) is 0 Å². The zero-order valence-electron chi connectivity index (χ0n) is 10.8. The minimum Gasteiger partial charge on any atom is -0.455 e. The van der Waals surface area contributed by atoms with Crippen molar-refractivity contribution < 1.29 is 34.8 Å². The van der Waals surface area contributed by atoms with Gasteiger partial charge in [0.2, 0.25) is 6.29 Å². The van der Waals surface area contributed by atoms with Gasteiger partial charge in [0.15, 0.2) is 5.75 Å². The molecular formula is C12H15NO8. The van der Waals surface area contributed by atoms with Crippen molar-refractivity contribution in [2.45, 2.75) is 30.7 Å². The molecule has 1 aliphatic heterocycles. The lowest BCUT2D eigenvalue weighted by Gasteiger charge is -2.39. The normalized spacial score (nSPS) is 32.7. The lowest BCUT2D eigenvalue weighted by Crippen LogP contribution is -2.60. The third kappa shape index (κ3) is 3.12. The lowest BCUT2D eigenvalue weighted by molar-refractivity contribution is -0.387. The summed E-state index contributed by atoms with van der Waals surface area (Å²) in [5.41, 5.74) is -0.338. The first kappa shape index (κ1) is 15.6. The largest absolute Gasteiger partial charge is 0.455 e. The third-order valence-corrected chi connectivity index (χ3v) is 3.15. The zero-order valence-corrected chi connectivity index (χ0v) is 10.8. The minimum atomic E-state index is -1.62. The number of nitrogens with zero attached hydrogens (tertiary/aromatic N) is 1. The van der Waals surface area contributed by atoms with Gasteiger partial charge in [0.05, 0.1) is 11.5 Å².